The van der Waals surface area contributed by atoms with Gasteiger partial charge < -0.3 is 9.72 Å². The van der Waals surface area contributed by atoms with Gasteiger partial charge in [-0.1, -0.05) is 12.1 Å². The van der Waals surface area contributed by atoms with Crippen LogP contribution in [-0.2, 0) is 0 Å². The Morgan fingerprint density at radius 3 is 2.48 bits per heavy atom. The number of aromatic amines is 1. The molecule has 5 rings (SSSR count). The molecular weight excluding hydrogens is 407 g/mol. The Labute approximate surface area is 173 Å². The van der Waals surface area contributed by atoms with Crippen molar-refractivity contribution in [3.8, 4) is 22.8 Å². The van der Waals surface area contributed by atoms with Gasteiger partial charge in [0.25, 0.3) is 5.56 Å². The summed E-state index contributed by atoms with van der Waals surface area (Å²) in [7, 11) is 0. The molecule has 2 heterocycles. The molecule has 0 radical (unpaired) electrons. The smallest absolute Gasteiger partial charge is 0.406 e. The molecule has 0 fully saturated rings. The zero-order valence-corrected chi connectivity index (χ0v) is 15.9. The summed E-state index contributed by atoms with van der Waals surface area (Å²) < 4.78 is 42.8. The van der Waals surface area contributed by atoms with E-state index in [0.29, 0.717) is 28.0 Å². The summed E-state index contributed by atoms with van der Waals surface area (Å²) in [5, 5.41) is 1.35. The molecule has 0 aliphatic carbocycles. The maximum atomic E-state index is 13.4. The standard InChI is InChI=1S/C23H14F3N3O2/c24-23(25,26)31-17-8-6-16(7-9-17)29-21(15-5-10-19-14(13-15)11-12-27-19)28-20-4-2-1-3-18(20)22(29)30/h1-13,27H. The lowest BCUT2D eigenvalue weighted by atomic mass is 10.1. The predicted molar refractivity (Wildman–Crippen MR) is 111 cm³/mol. The number of nitrogens with one attached hydrogen (secondary N) is 1. The van der Waals surface area contributed by atoms with Crippen molar-refractivity contribution < 1.29 is 17.9 Å². The van der Waals surface area contributed by atoms with Crippen LogP contribution in [0.2, 0.25) is 0 Å². The van der Waals surface area contributed by atoms with E-state index in [0.717, 1.165) is 10.9 Å². The highest BCUT2D eigenvalue weighted by molar-refractivity contribution is 5.86. The Kier molecular flexibility index (Phi) is 4.28. The Bertz CT molecular complexity index is 1470. The zero-order chi connectivity index (χ0) is 21.6. The predicted octanol–water partition coefficient (Wildman–Crippen LogP) is 5.43. The first-order valence-electron chi connectivity index (χ1n) is 9.34. The van der Waals surface area contributed by atoms with Crippen molar-refractivity contribution in [1.82, 2.24) is 14.5 Å². The van der Waals surface area contributed by atoms with Gasteiger partial charge in [0.15, 0.2) is 0 Å². The van der Waals surface area contributed by atoms with E-state index >= 15 is 0 Å². The van der Waals surface area contributed by atoms with Gasteiger partial charge in [0, 0.05) is 22.7 Å². The normalized spacial score (nSPS) is 11.8. The minimum atomic E-state index is -4.79. The van der Waals surface area contributed by atoms with E-state index in [1.807, 2.05) is 30.5 Å². The van der Waals surface area contributed by atoms with Crippen LogP contribution in [0.4, 0.5) is 13.2 Å². The number of H-pyrrole nitrogens is 1. The van der Waals surface area contributed by atoms with E-state index in [1.54, 1.807) is 24.3 Å². The van der Waals surface area contributed by atoms with Gasteiger partial charge in [0.05, 0.1) is 16.6 Å². The van der Waals surface area contributed by atoms with E-state index in [1.165, 1.54) is 28.8 Å². The SMILES string of the molecule is O=c1c2ccccc2nc(-c2ccc3[nH]ccc3c2)n1-c1ccc(OC(F)(F)F)cc1. The Balaban J connectivity index is 1.73. The van der Waals surface area contributed by atoms with Crippen molar-refractivity contribution in [1.29, 1.82) is 0 Å². The van der Waals surface area contributed by atoms with E-state index < -0.39 is 6.36 Å². The molecule has 0 aliphatic heterocycles. The highest BCUT2D eigenvalue weighted by atomic mass is 19.4. The number of nitrogens with zero attached hydrogens (tertiary/aromatic N) is 2. The van der Waals surface area contributed by atoms with Crippen LogP contribution in [0.1, 0.15) is 0 Å². The van der Waals surface area contributed by atoms with Crippen molar-refractivity contribution in [2.75, 3.05) is 0 Å². The van der Waals surface area contributed by atoms with Crippen LogP contribution in [0.25, 0.3) is 38.9 Å². The molecule has 154 valence electrons. The molecular formula is C23H14F3N3O2. The van der Waals surface area contributed by atoms with E-state index in [4.69, 9.17) is 4.98 Å². The van der Waals surface area contributed by atoms with E-state index in [-0.39, 0.29) is 11.3 Å². The quantitative estimate of drug-likeness (QED) is 0.422. The molecule has 0 spiro atoms. The molecule has 0 unspecified atom stereocenters. The molecule has 0 atom stereocenters. The Hall–Kier alpha value is -4.07. The molecule has 8 heteroatoms. The first-order valence-corrected chi connectivity index (χ1v) is 9.34. The number of para-hydroxylation sites is 1. The highest BCUT2D eigenvalue weighted by Crippen LogP contribution is 2.27. The molecule has 5 aromatic rings. The lowest BCUT2D eigenvalue weighted by Crippen LogP contribution is -2.22. The van der Waals surface area contributed by atoms with Gasteiger partial charge in [-0.2, -0.15) is 0 Å². The average Bonchev–Trinajstić information content (AvgIpc) is 3.21. The van der Waals surface area contributed by atoms with Gasteiger partial charge in [-0.25, -0.2) is 4.98 Å². The number of hydrogen-bond acceptors (Lipinski definition) is 3. The molecule has 31 heavy (non-hydrogen) atoms. The average molecular weight is 421 g/mol. The maximum absolute atomic E-state index is 13.4. The molecule has 0 saturated carbocycles. The lowest BCUT2D eigenvalue weighted by molar-refractivity contribution is -0.274. The summed E-state index contributed by atoms with van der Waals surface area (Å²) in [6.45, 7) is 0. The third-order valence-electron chi connectivity index (χ3n) is 4.92. The number of alkyl halides is 3. The van der Waals surface area contributed by atoms with Gasteiger partial charge in [-0.05, 0) is 60.7 Å². The molecule has 0 saturated heterocycles. The molecule has 5 nitrogen and oxygen atoms in total. The van der Waals surface area contributed by atoms with Crippen LogP contribution in [0, 0.1) is 0 Å². The van der Waals surface area contributed by atoms with E-state index in [2.05, 4.69) is 9.72 Å². The fourth-order valence-corrected chi connectivity index (χ4v) is 3.56. The van der Waals surface area contributed by atoms with Crippen LogP contribution in [0.3, 0.4) is 0 Å². The monoisotopic (exact) mass is 421 g/mol. The number of halogens is 3. The maximum Gasteiger partial charge on any atom is 0.573 e. The molecule has 0 amide bonds. The first kappa shape index (κ1) is 18.9. The molecule has 0 bridgehead atoms. The lowest BCUT2D eigenvalue weighted by Gasteiger charge is -2.15. The Morgan fingerprint density at radius 2 is 1.71 bits per heavy atom. The third-order valence-corrected chi connectivity index (χ3v) is 4.92. The number of rotatable bonds is 3. The minimum absolute atomic E-state index is 0.320. The highest BCUT2D eigenvalue weighted by Gasteiger charge is 2.31. The number of benzene rings is 3. The number of hydrogen-bond donors (Lipinski definition) is 1. The van der Waals surface area contributed by atoms with Crippen LogP contribution in [0.15, 0.2) is 83.8 Å². The van der Waals surface area contributed by atoms with Gasteiger partial charge in [-0.3, -0.25) is 9.36 Å². The second-order valence-corrected chi connectivity index (χ2v) is 6.91. The largest absolute Gasteiger partial charge is 0.573 e. The summed E-state index contributed by atoms with van der Waals surface area (Å²) in [5.41, 5.74) is 2.23. The van der Waals surface area contributed by atoms with Gasteiger partial charge in [0.2, 0.25) is 0 Å². The van der Waals surface area contributed by atoms with Crippen molar-refractivity contribution in [3.63, 3.8) is 0 Å². The van der Waals surface area contributed by atoms with Crippen LogP contribution in [0.5, 0.6) is 5.75 Å². The summed E-state index contributed by atoms with van der Waals surface area (Å²) in [6, 6.07) is 19.6. The second kappa shape index (κ2) is 7.02. The Morgan fingerprint density at radius 1 is 0.935 bits per heavy atom. The molecule has 2 aromatic heterocycles. The number of fused-ring (bicyclic) bond motifs is 2. The zero-order valence-electron chi connectivity index (χ0n) is 15.9. The molecule has 1 N–H and O–H groups in total. The first-order chi connectivity index (χ1) is 14.9. The summed E-state index contributed by atoms with van der Waals surface area (Å²) in [6.07, 6.45) is -2.98. The second-order valence-electron chi connectivity index (χ2n) is 6.91. The van der Waals surface area contributed by atoms with E-state index in [9.17, 15) is 18.0 Å². The van der Waals surface area contributed by atoms with Crippen LogP contribution < -0.4 is 10.3 Å². The minimum Gasteiger partial charge on any atom is -0.406 e. The van der Waals surface area contributed by atoms with Crippen molar-refractivity contribution >= 4 is 21.8 Å². The van der Waals surface area contributed by atoms with Crippen molar-refractivity contribution in [2.24, 2.45) is 0 Å². The third kappa shape index (κ3) is 3.52. The fourth-order valence-electron chi connectivity index (χ4n) is 3.56. The summed E-state index contributed by atoms with van der Waals surface area (Å²) in [5.74, 6) is 0.0182. The fraction of sp³-hybridized carbons (Fsp3) is 0.0435. The molecule has 3 aromatic carbocycles. The summed E-state index contributed by atoms with van der Waals surface area (Å²) >= 11 is 0. The van der Waals surface area contributed by atoms with Crippen LogP contribution in [-0.4, -0.2) is 20.9 Å². The number of ether oxygens (including phenoxy) is 1. The number of aromatic nitrogens is 3. The van der Waals surface area contributed by atoms with Gasteiger partial charge in [-0.15, -0.1) is 13.2 Å². The van der Waals surface area contributed by atoms with Crippen molar-refractivity contribution in [3.05, 3.63) is 89.3 Å². The summed E-state index contributed by atoms with van der Waals surface area (Å²) in [4.78, 5) is 21.2. The van der Waals surface area contributed by atoms with Crippen LogP contribution >= 0.6 is 0 Å². The van der Waals surface area contributed by atoms with Gasteiger partial charge in [0.1, 0.15) is 11.6 Å². The van der Waals surface area contributed by atoms with Crippen molar-refractivity contribution in [2.45, 2.75) is 6.36 Å². The van der Waals surface area contributed by atoms with Gasteiger partial charge >= 0.3 is 6.36 Å². The topological polar surface area (TPSA) is 59.9 Å². The molecule has 0 aliphatic rings.